The molecule has 0 amide bonds. The van der Waals surface area contributed by atoms with Crippen LogP contribution in [0.5, 0.6) is 0 Å². The largest absolute Gasteiger partial charge is 0.508 e. The van der Waals surface area contributed by atoms with Gasteiger partial charge in [0.05, 0.1) is 5.69 Å². The molecule has 0 unspecified atom stereocenters. The van der Waals surface area contributed by atoms with E-state index in [1.165, 1.54) is 0 Å². The quantitative estimate of drug-likeness (QED) is 0.608. The molecule has 1 aromatic rings. The highest BCUT2D eigenvalue weighted by atomic mass is 79.9. The molecule has 0 spiro atoms. The molecule has 62 valence electrons. The summed E-state index contributed by atoms with van der Waals surface area (Å²) in [5.41, 5.74) is 1.23. The smallest absolute Gasteiger partial charge is 0.117 e. The summed E-state index contributed by atoms with van der Waals surface area (Å²) in [7, 11) is 0. The number of aliphatic hydroxyl groups excluding tert-OH is 1. The Morgan fingerprint density at radius 1 is 1.50 bits per heavy atom. The first-order valence-corrected chi connectivity index (χ1v) is 4.09. The van der Waals surface area contributed by atoms with Crippen molar-refractivity contribution in [2.45, 2.75) is 0 Å². The van der Waals surface area contributed by atoms with Gasteiger partial charge in [0.25, 0.3) is 0 Å². The molecule has 0 saturated heterocycles. The molecule has 0 fully saturated rings. The summed E-state index contributed by atoms with van der Waals surface area (Å²) in [6, 6.07) is 5.33. The van der Waals surface area contributed by atoms with Crippen LogP contribution in [0.1, 0.15) is 5.56 Å². The summed E-state index contributed by atoms with van der Waals surface area (Å²) in [4.78, 5) is 3.74. The summed E-state index contributed by atoms with van der Waals surface area (Å²) in [5, 5.41) is 9.16. The molecule has 3 heteroatoms. The van der Waals surface area contributed by atoms with Gasteiger partial charge in [0.2, 0.25) is 0 Å². The van der Waals surface area contributed by atoms with Gasteiger partial charge in [0.15, 0.2) is 0 Å². The van der Waals surface area contributed by atoms with Crippen LogP contribution in [-0.4, -0.2) is 11.8 Å². The normalized spacial score (nSPS) is 9.42. The maximum Gasteiger partial charge on any atom is 0.117 e. The number of aliphatic imine (C=N–C) groups is 1. The Bertz CT molecular complexity index is 333. The van der Waals surface area contributed by atoms with Crippen LogP contribution in [0.2, 0.25) is 0 Å². The summed E-state index contributed by atoms with van der Waals surface area (Å²) < 4.78 is 0.875. The second kappa shape index (κ2) is 3.54. The number of rotatable bonds is 2. The zero-order valence-corrected chi connectivity index (χ0v) is 8.00. The van der Waals surface area contributed by atoms with Gasteiger partial charge in [-0.15, -0.1) is 0 Å². The Balaban J connectivity index is 3.30. The second-order valence-corrected chi connectivity index (χ2v) is 3.18. The predicted molar refractivity (Wildman–Crippen MR) is 55.0 cm³/mol. The van der Waals surface area contributed by atoms with Crippen molar-refractivity contribution in [3.8, 4) is 0 Å². The van der Waals surface area contributed by atoms with E-state index in [0.29, 0.717) is 11.3 Å². The third-order valence-electron chi connectivity index (χ3n) is 1.44. The predicted octanol–water partition coefficient (Wildman–Crippen LogP) is 3.31. The topological polar surface area (TPSA) is 32.6 Å². The SMILES string of the molecule is C=Nc1ccc(Br)cc1C(=C)O. The fourth-order valence-corrected chi connectivity index (χ4v) is 1.24. The van der Waals surface area contributed by atoms with Crippen molar-refractivity contribution >= 4 is 34.1 Å². The van der Waals surface area contributed by atoms with E-state index in [4.69, 9.17) is 5.11 Å². The molecular formula is C9H8BrNO. The lowest BCUT2D eigenvalue weighted by atomic mass is 10.1. The van der Waals surface area contributed by atoms with Crippen LogP contribution >= 0.6 is 15.9 Å². The summed E-state index contributed by atoms with van der Waals surface area (Å²) in [5.74, 6) is -0.00120. The molecule has 0 heterocycles. The number of hydrogen-bond donors (Lipinski definition) is 1. The number of benzene rings is 1. The first-order valence-electron chi connectivity index (χ1n) is 3.29. The minimum Gasteiger partial charge on any atom is -0.508 e. The lowest BCUT2D eigenvalue weighted by Gasteiger charge is -2.03. The number of hydrogen-bond acceptors (Lipinski definition) is 2. The van der Waals surface area contributed by atoms with Crippen LogP contribution in [0.3, 0.4) is 0 Å². The minimum absolute atomic E-state index is 0.00120. The van der Waals surface area contributed by atoms with Crippen LogP contribution < -0.4 is 0 Å². The minimum atomic E-state index is -0.00120. The third kappa shape index (κ3) is 1.74. The van der Waals surface area contributed by atoms with Gasteiger partial charge in [-0.2, -0.15) is 0 Å². The first-order chi connectivity index (χ1) is 5.65. The van der Waals surface area contributed by atoms with Crippen molar-refractivity contribution in [1.29, 1.82) is 0 Å². The van der Waals surface area contributed by atoms with E-state index in [9.17, 15) is 0 Å². The van der Waals surface area contributed by atoms with Gasteiger partial charge in [-0.05, 0) is 24.9 Å². The molecule has 1 N–H and O–H groups in total. The van der Waals surface area contributed by atoms with Crippen LogP contribution in [0, 0.1) is 0 Å². The van der Waals surface area contributed by atoms with E-state index in [0.717, 1.165) is 4.47 Å². The van der Waals surface area contributed by atoms with Crippen LogP contribution in [-0.2, 0) is 0 Å². The molecule has 0 saturated carbocycles. The highest BCUT2D eigenvalue weighted by Crippen LogP contribution is 2.26. The van der Waals surface area contributed by atoms with Crippen molar-refractivity contribution in [3.05, 3.63) is 34.8 Å². The molecular weight excluding hydrogens is 218 g/mol. The fourth-order valence-electron chi connectivity index (χ4n) is 0.877. The molecule has 0 aliphatic rings. The Morgan fingerprint density at radius 3 is 2.67 bits per heavy atom. The van der Waals surface area contributed by atoms with Gasteiger partial charge in [-0.25, -0.2) is 0 Å². The average Bonchev–Trinajstić information content (AvgIpc) is 2.04. The van der Waals surface area contributed by atoms with E-state index < -0.39 is 0 Å². The molecule has 0 radical (unpaired) electrons. The fraction of sp³-hybridized carbons (Fsp3) is 0. The van der Waals surface area contributed by atoms with E-state index in [1.807, 2.05) is 6.07 Å². The Labute approximate surface area is 79.4 Å². The summed E-state index contributed by atoms with van der Waals surface area (Å²) in [6.07, 6.45) is 0. The maximum absolute atomic E-state index is 9.16. The number of aliphatic hydroxyl groups is 1. The molecule has 0 bridgehead atoms. The first kappa shape index (κ1) is 9.00. The molecule has 0 aromatic heterocycles. The standard InChI is InChI=1S/C9H8BrNO/c1-6(12)8-5-7(10)3-4-9(8)11-2/h3-5,12H,1-2H2. The third-order valence-corrected chi connectivity index (χ3v) is 1.93. The summed E-state index contributed by atoms with van der Waals surface area (Å²) >= 11 is 3.28. The zero-order chi connectivity index (χ0) is 9.14. The average molecular weight is 226 g/mol. The van der Waals surface area contributed by atoms with Crippen molar-refractivity contribution in [1.82, 2.24) is 0 Å². The number of halogens is 1. The molecule has 0 atom stereocenters. The monoisotopic (exact) mass is 225 g/mol. The Kier molecular flexibility index (Phi) is 2.65. The Hall–Kier alpha value is -1.09. The lowest BCUT2D eigenvalue weighted by molar-refractivity contribution is 0.514. The van der Waals surface area contributed by atoms with Crippen molar-refractivity contribution in [2.24, 2.45) is 4.99 Å². The van der Waals surface area contributed by atoms with Gasteiger partial charge < -0.3 is 5.11 Å². The van der Waals surface area contributed by atoms with Crippen molar-refractivity contribution in [3.63, 3.8) is 0 Å². The van der Waals surface area contributed by atoms with E-state index in [-0.39, 0.29) is 5.76 Å². The van der Waals surface area contributed by atoms with Crippen LogP contribution in [0.4, 0.5) is 5.69 Å². The van der Waals surface area contributed by atoms with Gasteiger partial charge in [-0.1, -0.05) is 22.5 Å². The van der Waals surface area contributed by atoms with Gasteiger partial charge in [0, 0.05) is 10.0 Å². The molecule has 1 aromatic carbocycles. The van der Waals surface area contributed by atoms with Gasteiger partial charge in [-0.3, -0.25) is 4.99 Å². The van der Waals surface area contributed by atoms with E-state index in [1.54, 1.807) is 12.1 Å². The van der Waals surface area contributed by atoms with E-state index >= 15 is 0 Å². The van der Waals surface area contributed by atoms with Crippen LogP contribution in [0.25, 0.3) is 5.76 Å². The van der Waals surface area contributed by atoms with Crippen molar-refractivity contribution in [2.75, 3.05) is 0 Å². The second-order valence-electron chi connectivity index (χ2n) is 2.27. The summed E-state index contributed by atoms with van der Waals surface area (Å²) in [6.45, 7) is 6.81. The molecule has 12 heavy (non-hydrogen) atoms. The lowest BCUT2D eigenvalue weighted by Crippen LogP contribution is -1.81. The van der Waals surface area contributed by atoms with Gasteiger partial charge >= 0.3 is 0 Å². The van der Waals surface area contributed by atoms with E-state index in [2.05, 4.69) is 34.2 Å². The van der Waals surface area contributed by atoms with Crippen molar-refractivity contribution < 1.29 is 5.11 Å². The Morgan fingerprint density at radius 2 is 2.17 bits per heavy atom. The zero-order valence-electron chi connectivity index (χ0n) is 6.42. The molecule has 2 nitrogen and oxygen atoms in total. The number of nitrogens with zero attached hydrogens (tertiary/aromatic N) is 1. The van der Waals surface area contributed by atoms with Gasteiger partial charge in [0.1, 0.15) is 5.76 Å². The van der Waals surface area contributed by atoms with Crippen LogP contribution in [0.15, 0.2) is 34.2 Å². The molecule has 0 aliphatic carbocycles. The maximum atomic E-state index is 9.16. The highest BCUT2D eigenvalue weighted by Gasteiger charge is 2.03. The highest BCUT2D eigenvalue weighted by molar-refractivity contribution is 9.10. The molecule has 1 rings (SSSR count). The molecule has 0 aliphatic heterocycles.